The van der Waals surface area contributed by atoms with E-state index in [1.54, 1.807) is 42.5 Å². The van der Waals surface area contributed by atoms with E-state index in [9.17, 15) is 19.2 Å². The number of halogens is 2. The molecule has 3 aromatic carbocycles. The number of amides is 4. The molecule has 0 spiro atoms. The monoisotopic (exact) mass is 510 g/mol. The number of benzene rings is 3. The van der Waals surface area contributed by atoms with Crippen LogP contribution in [0.1, 0.15) is 21.5 Å². The van der Waals surface area contributed by atoms with E-state index in [4.69, 9.17) is 33.0 Å². The Balaban J connectivity index is 1.56. The number of aromatic carboxylic acids is 1. The van der Waals surface area contributed by atoms with Gasteiger partial charge in [0.05, 0.1) is 21.3 Å². The Kier molecular flexibility index (Phi) is 6.86. The molecule has 0 unspecified atom stereocenters. The van der Waals surface area contributed by atoms with Crippen molar-refractivity contribution in [1.82, 2.24) is 5.32 Å². The Morgan fingerprint density at radius 3 is 2.20 bits per heavy atom. The highest BCUT2D eigenvalue weighted by Crippen LogP contribution is 2.36. The topological polar surface area (TPSA) is 113 Å². The van der Waals surface area contributed by atoms with Crippen molar-refractivity contribution in [1.29, 1.82) is 0 Å². The summed E-state index contributed by atoms with van der Waals surface area (Å²) in [5.74, 6) is -2.49. The number of para-hydroxylation sites is 1. The van der Waals surface area contributed by atoms with Gasteiger partial charge in [-0.15, -0.1) is 0 Å². The number of urea groups is 1. The van der Waals surface area contributed by atoms with Crippen LogP contribution < -0.4 is 15.0 Å². The maximum Gasteiger partial charge on any atom is 0.335 e. The number of carbonyl (C=O) groups excluding carboxylic acids is 3. The van der Waals surface area contributed by atoms with Gasteiger partial charge in [-0.3, -0.25) is 14.9 Å². The fraction of sp³-hybridized carbons (Fsp3) is 0.0400. The van der Waals surface area contributed by atoms with Crippen molar-refractivity contribution >= 4 is 58.8 Å². The molecule has 4 amide bonds. The number of anilines is 1. The van der Waals surface area contributed by atoms with E-state index in [0.717, 1.165) is 4.90 Å². The smallest absolute Gasteiger partial charge is 0.335 e. The largest absolute Gasteiger partial charge is 0.486 e. The Morgan fingerprint density at radius 2 is 1.60 bits per heavy atom. The van der Waals surface area contributed by atoms with Crippen molar-refractivity contribution in [3.63, 3.8) is 0 Å². The van der Waals surface area contributed by atoms with Crippen LogP contribution in [-0.4, -0.2) is 28.9 Å². The van der Waals surface area contributed by atoms with Gasteiger partial charge in [-0.1, -0.05) is 53.5 Å². The van der Waals surface area contributed by atoms with Gasteiger partial charge >= 0.3 is 12.0 Å². The lowest BCUT2D eigenvalue weighted by molar-refractivity contribution is -0.122. The highest BCUT2D eigenvalue weighted by molar-refractivity contribution is 6.40. The number of nitrogens with one attached hydrogen (secondary N) is 1. The first-order valence-electron chi connectivity index (χ1n) is 10.1. The maximum absolute atomic E-state index is 13.0. The van der Waals surface area contributed by atoms with E-state index in [0.29, 0.717) is 16.8 Å². The normalized spacial score (nSPS) is 14.7. The summed E-state index contributed by atoms with van der Waals surface area (Å²) in [5, 5.41) is 11.4. The molecule has 2 N–H and O–H groups in total. The van der Waals surface area contributed by atoms with Crippen LogP contribution in [0.2, 0.25) is 10.0 Å². The zero-order valence-electron chi connectivity index (χ0n) is 17.8. The number of barbiturate groups is 1. The SMILES string of the molecule is O=C1NC(=O)N(c2ccccc2)C(=O)/C1=C/c1cc(Cl)c(OCc2ccc(C(=O)O)cc2)c(Cl)c1. The third-order valence-electron chi connectivity index (χ3n) is 5.03. The van der Waals surface area contributed by atoms with Crippen LogP contribution in [0.5, 0.6) is 5.75 Å². The molecule has 35 heavy (non-hydrogen) atoms. The second-order valence-corrected chi connectivity index (χ2v) is 8.21. The lowest BCUT2D eigenvalue weighted by atomic mass is 10.1. The number of nitrogens with zero attached hydrogens (tertiary/aromatic N) is 1. The summed E-state index contributed by atoms with van der Waals surface area (Å²) in [5.41, 5.74) is 1.23. The quantitative estimate of drug-likeness (QED) is 0.358. The number of ether oxygens (including phenoxy) is 1. The third-order valence-corrected chi connectivity index (χ3v) is 5.59. The van der Waals surface area contributed by atoms with Crippen LogP contribution >= 0.6 is 23.2 Å². The first-order chi connectivity index (χ1) is 16.7. The van der Waals surface area contributed by atoms with Crippen molar-refractivity contribution < 1.29 is 29.0 Å². The number of carboxylic acids is 1. The number of carboxylic acid groups (broad SMARTS) is 1. The lowest BCUT2D eigenvalue weighted by Crippen LogP contribution is -2.54. The number of hydrogen-bond acceptors (Lipinski definition) is 5. The molecule has 4 rings (SSSR count). The fourth-order valence-corrected chi connectivity index (χ4v) is 3.95. The minimum Gasteiger partial charge on any atom is -0.486 e. The molecule has 0 radical (unpaired) electrons. The lowest BCUT2D eigenvalue weighted by Gasteiger charge is -2.26. The number of carbonyl (C=O) groups is 4. The van der Waals surface area contributed by atoms with Crippen LogP contribution in [0.4, 0.5) is 10.5 Å². The molecule has 8 nitrogen and oxygen atoms in total. The maximum atomic E-state index is 13.0. The Morgan fingerprint density at radius 1 is 0.971 bits per heavy atom. The average molecular weight is 511 g/mol. The van der Waals surface area contributed by atoms with Crippen LogP contribution in [0, 0.1) is 0 Å². The molecule has 0 saturated carbocycles. The molecule has 10 heteroatoms. The summed E-state index contributed by atoms with van der Waals surface area (Å²) in [6, 6.07) is 16.4. The molecular weight excluding hydrogens is 495 g/mol. The molecular formula is C25H16Cl2N2O6. The molecule has 3 aromatic rings. The molecule has 176 valence electrons. The standard InChI is InChI=1S/C25H16Cl2N2O6/c26-19-11-15(12-20(27)21(19)35-13-14-6-8-16(9-7-14)24(32)33)10-18-22(30)28-25(34)29(23(18)31)17-4-2-1-3-5-17/h1-12H,13H2,(H,32,33)(H,28,30,34)/b18-10+. The van der Waals surface area contributed by atoms with Crippen LogP contribution in [-0.2, 0) is 16.2 Å². The minimum atomic E-state index is -1.03. The molecule has 0 atom stereocenters. The first-order valence-corrected chi connectivity index (χ1v) is 10.9. The summed E-state index contributed by atoms with van der Waals surface area (Å²) in [6.07, 6.45) is 1.28. The van der Waals surface area contributed by atoms with Crippen molar-refractivity contribution in [2.45, 2.75) is 6.61 Å². The number of rotatable bonds is 6. The number of hydrogen-bond donors (Lipinski definition) is 2. The molecule has 1 saturated heterocycles. The Hall–Kier alpha value is -4.14. The summed E-state index contributed by atoms with van der Waals surface area (Å²) in [6.45, 7) is 0.0782. The van der Waals surface area contributed by atoms with Gasteiger partial charge in [0.15, 0.2) is 5.75 Å². The highest BCUT2D eigenvalue weighted by Gasteiger charge is 2.36. The zero-order chi connectivity index (χ0) is 25.1. The Bertz CT molecular complexity index is 1350. The summed E-state index contributed by atoms with van der Waals surface area (Å²) in [7, 11) is 0. The van der Waals surface area contributed by atoms with Gasteiger partial charge in [-0.2, -0.15) is 0 Å². The van der Waals surface area contributed by atoms with Crippen LogP contribution in [0.15, 0.2) is 72.3 Å². The average Bonchev–Trinajstić information content (AvgIpc) is 2.82. The van der Waals surface area contributed by atoms with Crippen LogP contribution in [0.3, 0.4) is 0 Å². The summed E-state index contributed by atoms with van der Waals surface area (Å²) in [4.78, 5) is 49.4. The van der Waals surface area contributed by atoms with Gasteiger partial charge < -0.3 is 9.84 Å². The molecule has 1 aliphatic rings. The highest BCUT2D eigenvalue weighted by atomic mass is 35.5. The summed E-state index contributed by atoms with van der Waals surface area (Å²) >= 11 is 12.7. The van der Waals surface area contributed by atoms with Gasteiger partial charge in [0.1, 0.15) is 12.2 Å². The molecule has 0 aromatic heterocycles. The van der Waals surface area contributed by atoms with Crippen LogP contribution in [0.25, 0.3) is 6.08 Å². The second kappa shape index (κ2) is 10.0. The summed E-state index contributed by atoms with van der Waals surface area (Å²) < 4.78 is 5.70. The molecule has 0 bridgehead atoms. The van der Waals surface area contributed by atoms with Gasteiger partial charge in [-0.05, 0) is 53.6 Å². The zero-order valence-corrected chi connectivity index (χ0v) is 19.3. The second-order valence-electron chi connectivity index (χ2n) is 7.40. The van der Waals surface area contributed by atoms with E-state index in [-0.39, 0.29) is 33.5 Å². The van der Waals surface area contributed by atoms with E-state index in [1.165, 1.54) is 30.3 Å². The molecule has 1 heterocycles. The van der Waals surface area contributed by atoms with Crippen molar-refractivity contribution in [2.75, 3.05) is 4.90 Å². The Labute approximate surface area is 209 Å². The van der Waals surface area contributed by atoms with Gasteiger partial charge in [-0.25, -0.2) is 14.5 Å². The fourth-order valence-electron chi connectivity index (χ4n) is 3.34. The van der Waals surface area contributed by atoms with Crippen molar-refractivity contribution in [3.05, 3.63) is 99.0 Å². The van der Waals surface area contributed by atoms with Gasteiger partial charge in [0.2, 0.25) is 0 Å². The van der Waals surface area contributed by atoms with Gasteiger partial charge in [0, 0.05) is 0 Å². The predicted molar refractivity (Wildman–Crippen MR) is 130 cm³/mol. The third kappa shape index (κ3) is 5.18. The molecule has 0 aliphatic carbocycles. The first kappa shape index (κ1) is 24.0. The minimum absolute atomic E-state index is 0.0782. The number of imide groups is 2. The van der Waals surface area contributed by atoms with Gasteiger partial charge in [0.25, 0.3) is 11.8 Å². The molecule has 1 fully saturated rings. The predicted octanol–water partition coefficient (Wildman–Crippen LogP) is 4.94. The van der Waals surface area contributed by atoms with Crippen molar-refractivity contribution in [3.8, 4) is 5.75 Å². The van der Waals surface area contributed by atoms with E-state index in [1.807, 2.05) is 0 Å². The van der Waals surface area contributed by atoms with E-state index < -0.39 is 23.8 Å². The van der Waals surface area contributed by atoms with Crippen molar-refractivity contribution in [2.24, 2.45) is 0 Å². The molecule has 1 aliphatic heterocycles. The van der Waals surface area contributed by atoms with E-state index in [2.05, 4.69) is 5.32 Å². The van der Waals surface area contributed by atoms with E-state index >= 15 is 0 Å².